The van der Waals surface area contributed by atoms with Gasteiger partial charge in [-0.2, -0.15) is 0 Å². The molecule has 4 aliphatic heterocycles. The number of amides is 2. The van der Waals surface area contributed by atoms with Gasteiger partial charge in [-0.1, -0.05) is 15.9 Å². The number of alkyl halides is 1. The topological polar surface area (TPSA) is 210 Å². The van der Waals surface area contributed by atoms with Crippen LogP contribution in [0.3, 0.4) is 0 Å². The molecule has 6 heterocycles. The highest BCUT2D eigenvalue weighted by Gasteiger charge is 2.43. The van der Waals surface area contributed by atoms with Crippen molar-refractivity contribution in [2.75, 3.05) is 64.6 Å². The summed E-state index contributed by atoms with van der Waals surface area (Å²) in [6.45, 7) is 18.8. The largest absolute Gasteiger partial charge is 0.461 e. The van der Waals surface area contributed by atoms with E-state index in [1.54, 1.807) is 60.0 Å². The fraction of sp³-hybridized carbons (Fsp3) is 0.737. The lowest BCUT2D eigenvalue weighted by Gasteiger charge is -2.40. The quantitative estimate of drug-likeness (QED) is 0.207. The van der Waals surface area contributed by atoms with Gasteiger partial charge in [0.25, 0.3) is 0 Å². The summed E-state index contributed by atoms with van der Waals surface area (Å²) in [7, 11) is 0. The second kappa shape index (κ2) is 17.6. The van der Waals surface area contributed by atoms with Crippen molar-refractivity contribution in [2.24, 2.45) is 16.6 Å². The molecule has 0 radical (unpaired) electrons. The zero-order valence-corrected chi connectivity index (χ0v) is 36.4. The third kappa shape index (κ3) is 9.66. The van der Waals surface area contributed by atoms with Crippen LogP contribution in [0.15, 0.2) is 9.59 Å². The molecule has 2 N–H and O–H groups in total. The van der Waals surface area contributed by atoms with Crippen molar-refractivity contribution < 1.29 is 47.6 Å². The van der Waals surface area contributed by atoms with E-state index in [4.69, 9.17) is 34.2 Å². The molecule has 19 nitrogen and oxygen atoms in total. The van der Waals surface area contributed by atoms with Crippen molar-refractivity contribution in [3.05, 3.63) is 43.7 Å². The maximum absolute atomic E-state index is 13.1. The zero-order chi connectivity index (χ0) is 42.8. The highest BCUT2D eigenvalue weighted by Crippen LogP contribution is 2.33. The van der Waals surface area contributed by atoms with Gasteiger partial charge in [0.15, 0.2) is 11.4 Å². The summed E-state index contributed by atoms with van der Waals surface area (Å²) in [4.78, 5) is 79.7. The van der Waals surface area contributed by atoms with Gasteiger partial charge >= 0.3 is 35.5 Å². The van der Waals surface area contributed by atoms with Gasteiger partial charge in [0, 0.05) is 62.0 Å². The smallest absolute Gasteiger partial charge is 0.410 e. The Hall–Kier alpha value is -4.14. The van der Waals surface area contributed by atoms with E-state index >= 15 is 0 Å². The SMILES string of the molecule is CCOC(=O)c1c2n(c(=O)n1CC1(CBr)COC1)CCN(C(=O)OC(C)(C)C)C2.CCOC(=O)c1c2n(c(=O)n1CC1(CN)COC1)CCN(C(=O)OC(C)(C)C)C2. The number of imidazole rings is 2. The summed E-state index contributed by atoms with van der Waals surface area (Å²) >= 11 is 3.50. The molecule has 0 unspecified atom stereocenters. The third-order valence-corrected chi connectivity index (χ3v) is 11.3. The Bertz CT molecular complexity index is 1830. The number of esters is 2. The minimum atomic E-state index is -0.637. The predicted molar refractivity (Wildman–Crippen MR) is 212 cm³/mol. The molecular formula is C38H58BrN7O12. The van der Waals surface area contributed by atoms with Gasteiger partial charge in [0.2, 0.25) is 0 Å². The zero-order valence-electron chi connectivity index (χ0n) is 34.9. The van der Waals surface area contributed by atoms with Crippen LogP contribution in [-0.4, -0.2) is 128 Å². The van der Waals surface area contributed by atoms with Crippen molar-refractivity contribution >= 4 is 40.1 Å². The van der Waals surface area contributed by atoms with E-state index in [2.05, 4.69) is 15.9 Å². The van der Waals surface area contributed by atoms with Crippen molar-refractivity contribution in [1.29, 1.82) is 0 Å². The van der Waals surface area contributed by atoms with E-state index in [1.807, 2.05) is 0 Å². The highest BCUT2D eigenvalue weighted by atomic mass is 79.9. The average molecular weight is 885 g/mol. The Morgan fingerprint density at radius 2 is 1.05 bits per heavy atom. The first kappa shape index (κ1) is 45.0. The number of nitrogens with two attached hydrogens (primary N) is 1. The van der Waals surface area contributed by atoms with Crippen LogP contribution in [-0.2, 0) is 67.7 Å². The molecule has 0 spiro atoms. The minimum Gasteiger partial charge on any atom is -0.461 e. The number of hydrogen-bond acceptors (Lipinski definition) is 13. The number of carbonyl (C=O) groups is 4. The molecule has 324 valence electrons. The molecule has 2 aromatic rings. The van der Waals surface area contributed by atoms with E-state index in [1.165, 1.54) is 23.5 Å². The first-order chi connectivity index (χ1) is 27.2. The second-order valence-corrected chi connectivity index (χ2v) is 17.8. The Morgan fingerprint density at radius 1 is 0.672 bits per heavy atom. The van der Waals surface area contributed by atoms with Crippen LogP contribution >= 0.6 is 15.9 Å². The standard InChI is InChI=1S/C19H28BrN3O6.C19H30N4O6/c2*1-5-28-15(24)14-13-8-21(17(26)29-18(2,3)4)6-7-22(13)16(25)23(14)10-19(9-20)11-27-12-19/h5-12H2,1-4H3;5-12,20H2,1-4H3. The van der Waals surface area contributed by atoms with Crippen molar-refractivity contribution in [3.8, 4) is 0 Å². The number of rotatable bonds is 10. The van der Waals surface area contributed by atoms with Crippen molar-refractivity contribution in [2.45, 2.75) is 106 Å². The van der Waals surface area contributed by atoms with E-state index < -0.39 is 35.3 Å². The van der Waals surface area contributed by atoms with Crippen LogP contribution in [0.1, 0.15) is 87.8 Å². The first-order valence-corrected chi connectivity index (χ1v) is 20.7. The number of carbonyl (C=O) groups excluding carboxylic acids is 4. The first-order valence-electron chi connectivity index (χ1n) is 19.6. The second-order valence-electron chi connectivity index (χ2n) is 17.2. The van der Waals surface area contributed by atoms with Crippen molar-refractivity contribution in [1.82, 2.24) is 28.1 Å². The number of halogens is 1. The van der Waals surface area contributed by atoms with Gasteiger partial charge in [-0.05, 0) is 55.4 Å². The van der Waals surface area contributed by atoms with Crippen LogP contribution in [0.4, 0.5) is 9.59 Å². The number of aromatic nitrogens is 4. The van der Waals surface area contributed by atoms with Gasteiger partial charge in [-0.25, -0.2) is 28.8 Å². The van der Waals surface area contributed by atoms with Crippen LogP contribution < -0.4 is 17.1 Å². The number of hydrogen-bond donors (Lipinski definition) is 1. The summed E-state index contributed by atoms with van der Waals surface area (Å²) in [6.07, 6.45) is -0.951. The monoisotopic (exact) mass is 883 g/mol. The van der Waals surface area contributed by atoms with E-state index in [-0.39, 0.29) is 73.0 Å². The lowest BCUT2D eigenvalue weighted by Crippen LogP contribution is -2.52. The fourth-order valence-electron chi connectivity index (χ4n) is 7.07. The molecule has 0 saturated carbocycles. The minimum absolute atomic E-state index is 0.0947. The van der Waals surface area contributed by atoms with Gasteiger partial charge in [-0.15, -0.1) is 0 Å². The van der Waals surface area contributed by atoms with Crippen LogP contribution in [0.2, 0.25) is 0 Å². The maximum atomic E-state index is 13.1. The van der Waals surface area contributed by atoms with Gasteiger partial charge in [0.1, 0.15) is 11.2 Å². The molecule has 2 aromatic heterocycles. The lowest BCUT2D eigenvalue weighted by molar-refractivity contribution is -0.116. The molecule has 58 heavy (non-hydrogen) atoms. The fourth-order valence-corrected chi connectivity index (χ4v) is 7.57. The van der Waals surface area contributed by atoms with Crippen LogP contribution in [0.5, 0.6) is 0 Å². The molecule has 2 saturated heterocycles. The van der Waals surface area contributed by atoms with E-state index in [0.29, 0.717) is 75.9 Å². The van der Waals surface area contributed by atoms with E-state index in [0.717, 1.165) is 0 Å². The summed E-state index contributed by atoms with van der Waals surface area (Å²) in [6, 6.07) is 0. The number of ether oxygens (including phenoxy) is 6. The summed E-state index contributed by atoms with van der Waals surface area (Å²) in [5.74, 6) is -1.15. The summed E-state index contributed by atoms with van der Waals surface area (Å²) in [5.41, 5.74) is 4.77. The van der Waals surface area contributed by atoms with E-state index in [9.17, 15) is 28.8 Å². The number of fused-ring (bicyclic) bond motifs is 2. The maximum Gasteiger partial charge on any atom is 0.410 e. The van der Waals surface area contributed by atoms with Crippen molar-refractivity contribution in [3.63, 3.8) is 0 Å². The molecule has 0 aromatic carbocycles. The lowest BCUT2D eigenvalue weighted by atomic mass is 9.86. The molecule has 0 atom stereocenters. The molecule has 2 amide bonds. The van der Waals surface area contributed by atoms with Crippen LogP contribution in [0.25, 0.3) is 0 Å². The van der Waals surface area contributed by atoms with Crippen LogP contribution in [0, 0.1) is 10.8 Å². The molecule has 4 aliphatic rings. The predicted octanol–water partition coefficient (Wildman–Crippen LogP) is 2.54. The number of nitrogens with zero attached hydrogens (tertiary/aromatic N) is 6. The average Bonchev–Trinajstić information content (AvgIpc) is 3.55. The molecule has 0 bridgehead atoms. The third-order valence-electron chi connectivity index (χ3n) is 10.1. The highest BCUT2D eigenvalue weighted by molar-refractivity contribution is 9.09. The molecular weight excluding hydrogens is 826 g/mol. The molecule has 2 fully saturated rings. The Balaban J connectivity index is 0.000000221. The molecule has 6 rings (SSSR count). The molecule has 0 aliphatic carbocycles. The Morgan fingerprint density at radius 3 is 1.34 bits per heavy atom. The van der Waals surface area contributed by atoms with Gasteiger partial charge in [0.05, 0.1) is 64.1 Å². The van der Waals surface area contributed by atoms with Gasteiger partial charge in [-0.3, -0.25) is 18.3 Å². The van der Waals surface area contributed by atoms with Gasteiger partial charge < -0.3 is 44.0 Å². The summed E-state index contributed by atoms with van der Waals surface area (Å²) in [5, 5.41) is 0.652. The summed E-state index contributed by atoms with van der Waals surface area (Å²) < 4.78 is 38.0. The normalized spacial score (nSPS) is 18.0. The Labute approximate surface area is 345 Å². The molecule has 20 heteroatoms. The Kier molecular flexibility index (Phi) is 13.6.